The van der Waals surface area contributed by atoms with Gasteiger partial charge >= 0.3 is 23.7 Å². The molecule has 0 aromatic rings. The van der Waals surface area contributed by atoms with E-state index in [2.05, 4.69) is 0 Å². The summed E-state index contributed by atoms with van der Waals surface area (Å²) in [7, 11) is 0. The molecule has 0 aliphatic carbocycles. The van der Waals surface area contributed by atoms with Crippen molar-refractivity contribution in [1.82, 2.24) is 5.06 Å². The van der Waals surface area contributed by atoms with E-state index in [0.29, 0.717) is 6.61 Å². The molecule has 0 amide bonds. The van der Waals surface area contributed by atoms with Gasteiger partial charge in [-0.15, -0.1) is 0 Å². The van der Waals surface area contributed by atoms with Crippen LogP contribution in [-0.4, -0.2) is 52.5 Å². The third-order valence-corrected chi connectivity index (χ3v) is 4.45. The molecule has 0 N–H and O–H groups in total. The first-order chi connectivity index (χ1) is 11.5. The van der Waals surface area contributed by atoms with Gasteiger partial charge in [-0.2, -0.15) is 5.06 Å². The molecule has 0 aromatic carbocycles. The van der Waals surface area contributed by atoms with Crippen molar-refractivity contribution in [3.63, 3.8) is 0 Å². The molecule has 2 aliphatic rings. The molecule has 1 saturated heterocycles. The second-order valence-electron chi connectivity index (χ2n) is 7.23. The molecule has 8 nitrogen and oxygen atoms in total. The lowest BCUT2D eigenvalue weighted by Gasteiger charge is -2.60. The van der Waals surface area contributed by atoms with Crippen molar-refractivity contribution in [3.05, 3.63) is 12.2 Å². The zero-order chi connectivity index (χ0) is 19.0. The molecular weight excluding hydrogens is 330 g/mol. The summed E-state index contributed by atoms with van der Waals surface area (Å²) >= 11 is 0. The first-order valence-corrected chi connectivity index (χ1v) is 8.21. The number of rotatable bonds is 3. The van der Waals surface area contributed by atoms with Crippen molar-refractivity contribution < 1.29 is 33.4 Å². The Bertz CT molecular complexity index is 588. The summed E-state index contributed by atoms with van der Waals surface area (Å²) < 4.78 is 16.5. The van der Waals surface area contributed by atoms with E-state index in [1.165, 1.54) is 6.92 Å². The Labute approximate surface area is 147 Å². The van der Waals surface area contributed by atoms with Gasteiger partial charge in [0.05, 0.1) is 6.61 Å². The fraction of sp³-hybridized carbons (Fsp3) is 0.706. The van der Waals surface area contributed by atoms with Crippen LogP contribution in [0.3, 0.4) is 0 Å². The summed E-state index contributed by atoms with van der Waals surface area (Å²) in [5.41, 5.74) is -1.72. The molecule has 0 bridgehead atoms. The topological polar surface area (TPSA) is 91.4 Å². The van der Waals surface area contributed by atoms with Crippen molar-refractivity contribution in [1.29, 1.82) is 0 Å². The van der Waals surface area contributed by atoms with Crippen LogP contribution in [0.4, 0.5) is 0 Å². The van der Waals surface area contributed by atoms with Crippen LogP contribution in [0.25, 0.3) is 0 Å². The number of esters is 3. The SMILES string of the molecule is CCON1C(C)(C)CC(OC(C)=O)C2(OC(=O)C=CC(=O)O2)C1(C)C. The summed E-state index contributed by atoms with van der Waals surface area (Å²) in [4.78, 5) is 41.7. The van der Waals surface area contributed by atoms with E-state index in [9.17, 15) is 14.4 Å². The van der Waals surface area contributed by atoms with Crippen LogP contribution in [0.2, 0.25) is 0 Å². The smallest absolute Gasteiger partial charge is 0.334 e. The predicted octanol–water partition coefficient (Wildman–Crippen LogP) is 1.48. The Balaban J connectivity index is 2.62. The van der Waals surface area contributed by atoms with Crippen molar-refractivity contribution in [2.45, 2.75) is 70.9 Å². The fourth-order valence-electron chi connectivity index (χ4n) is 3.65. The van der Waals surface area contributed by atoms with E-state index in [1.54, 1.807) is 18.9 Å². The van der Waals surface area contributed by atoms with Gasteiger partial charge in [-0.05, 0) is 34.6 Å². The van der Waals surface area contributed by atoms with E-state index in [-0.39, 0.29) is 6.42 Å². The highest BCUT2D eigenvalue weighted by atomic mass is 16.8. The van der Waals surface area contributed by atoms with Crippen molar-refractivity contribution >= 4 is 17.9 Å². The molecule has 2 rings (SSSR count). The average Bonchev–Trinajstić information content (AvgIpc) is 2.61. The minimum Gasteiger partial charge on any atom is -0.454 e. The van der Waals surface area contributed by atoms with Gasteiger partial charge in [-0.1, -0.05) is 0 Å². The van der Waals surface area contributed by atoms with E-state index in [0.717, 1.165) is 12.2 Å². The summed E-state index contributed by atoms with van der Waals surface area (Å²) in [5, 5.41) is 1.64. The van der Waals surface area contributed by atoms with Gasteiger partial charge in [0.2, 0.25) is 0 Å². The lowest BCUT2D eigenvalue weighted by atomic mass is 9.74. The number of hydroxylamine groups is 2. The monoisotopic (exact) mass is 355 g/mol. The van der Waals surface area contributed by atoms with E-state index >= 15 is 0 Å². The minimum atomic E-state index is -1.85. The molecule has 1 fully saturated rings. The predicted molar refractivity (Wildman–Crippen MR) is 85.8 cm³/mol. The molecule has 1 spiro atoms. The summed E-state index contributed by atoms with van der Waals surface area (Å²) in [6.45, 7) is 10.7. The maximum absolute atomic E-state index is 12.1. The Morgan fingerprint density at radius 2 is 1.72 bits per heavy atom. The minimum absolute atomic E-state index is 0.233. The van der Waals surface area contributed by atoms with Crippen molar-refractivity contribution in [3.8, 4) is 0 Å². The molecule has 25 heavy (non-hydrogen) atoms. The normalized spacial score (nSPS) is 27.4. The number of ether oxygens (including phenoxy) is 3. The van der Waals surface area contributed by atoms with Crippen LogP contribution >= 0.6 is 0 Å². The zero-order valence-electron chi connectivity index (χ0n) is 15.5. The standard InChI is InChI=1S/C17H25NO7/c1-7-22-18-15(3,4)10-12(23-11(2)19)17(16(18,5)6)24-13(20)8-9-14(21)25-17/h8-9,12H,7,10H2,1-6H3. The zero-order valence-corrected chi connectivity index (χ0v) is 15.5. The first kappa shape index (κ1) is 19.4. The average molecular weight is 355 g/mol. The van der Waals surface area contributed by atoms with Gasteiger partial charge in [0.15, 0.2) is 6.10 Å². The highest BCUT2D eigenvalue weighted by molar-refractivity contribution is 5.93. The Kier molecular flexibility index (Phi) is 4.98. The van der Waals surface area contributed by atoms with E-state index in [1.807, 2.05) is 20.8 Å². The maximum atomic E-state index is 12.1. The second-order valence-corrected chi connectivity index (χ2v) is 7.23. The van der Waals surface area contributed by atoms with Gasteiger partial charge in [-0.3, -0.25) is 9.63 Å². The molecule has 1 unspecified atom stereocenters. The molecule has 0 saturated carbocycles. The van der Waals surface area contributed by atoms with Gasteiger partial charge in [-0.25, -0.2) is 9.59 Å². The second kappa shape index (κ2) is 6.42. The van der Waals surface area contributed by atoms with Gasteiger partial charge in [0.1, 0.15) is 5.54 Å². The maximum Gasteiger partial charge on any atom is 0.334 e. The van der Waals surface area contributed by atoms with E-state index < -0.39 is 40.9 Å². The Morgan fingerprint density at radius 1 is 1.20 bits per heavy atom. The van der Waals surface area contributed by atoms with Crippen LogP contribution in [-0.2, 0) is 33.4 Å². The molecule has 0 radical (unpaired) electrons. The van der Waals surface area contributed by atoms with Crippen LogP contribution in [0.5, 0.6) is 0 Å². The van der Waals surface area contributed by atoms with Gasteiger partial charge < -0.3 is 14.2 Å². The lowest BCUT2D eigenvalue weighted by Crippen LogP contribution is -2.77. The lowest BCUT2D eigenvalue weighted by molar-refractivity contribution is -0.394. The highest BCUT2D eigenvalue weighted by Gasteiger charge is 2.69. The molecule has 140 valence electrons. The molecule has 2 heterocycles. The van der Waals surface area contributed by atoms with Crippen LogP contribution in [0.1, 0.15) is 48.0 Å². The van der Waals surface area contributed by atoms with Crippen molar-refractivity contribution in [2.75, 3.05) is 6.61 Å². The number of carbonyl (C=O) groups excluding carboxylic acids is 3. The molecule has 0 aromatic heterocycles. The van der Waals surface area contributed by atoms with Crippen LogP contribution < -0.4 is 0 Å². The number of hydrogen-bond acceptors (Lipinski definition) is 8. The number of carbonyl (C=O) groups is 3. The summed E-state index contributed by atoms with van der Waals surface area (Å²) in [6.07, 6.45) is 1.22. The summed E-state index contributed by atoms with van der Waals surface area (Å²) in [5.74, 6) is -3.93. The van der Waals surface area contributed by atoms with Gasteiger partial charge in [0, 0.05) is 31.0 Å². The molecule has 8 heteroatoms. The molecule has 1 atom stereocenters. The third kappa shape index (κ3) is 3.28. The molecule has 2 aliphatic heterocycles. The van der Waals surface area contributed by atoms with E-state index in [4.69, 9.17) is 19.0 Å². The first-order valence-electron chi connectivity index (χ1n) is 8.21. The summed E-state index contributed by atoms with van der Waals surface area (Å²) in [6, 6.07) is 0. The number of nitrogens with zero attached hydrogens (tertiary/aromatic N) is 1. The number of piperidine rings is 1. The third-order valence-electron chi connectivity index (χ3n) is 4.45. The Hall–Kier alpha value is -1.93. The fourth-order valence-corrected chi connectivity index (χ4v) is 3.65. The molecular formula is C17H25NO7. The quantitative estimate of drug-likeness (QED) is 0.703. The largest absolute Gasteiger partial charge is 0.454 e. The highest BCUT2D eigenvalue weighted by Crippen LogP contribution is 2.49. The van der Waals surface area contributed by atoms with Crippen molar-refractivity contribution in [2.24, 2.45) is 0 Å². The number of hydrogen-bond donors (Lipinski definition) is 0. The van der Waals surface area contributed by atoms with Gasteiger partial charge in [0.25, 0.3) is 0 Å². The Morgan fingerprint density at radius 3 is 2.16 bits per heavy atom. The van der Waals surface area contributed by atoms with Crippen LogP contribution in [0.15, 0.2) is 12.2 Å². The van der Waals surface area contributed by atoms with Crippen LogP contribution in [0, 0.1) is 0 Å².